The minimum atomic E-state index is -0.336. The second-order valence-corrected chi connectivity index (χ2v) is 8.92. The van der Waals surface area contributed by atoms with Crippen molar-refractivity contribution in [2.75, 3.05) is 17.7 Å². The zero-order valence-corrected chi connectivity index (χ0v) is 18.5. The number of aromatic nitrogens is 4. The molecule has 3 aromatic heterocycles. The third-order valence-electron chi connectivity index (χ3n) is 3.56. The van der Waals surface area contributed by atoms with Crippen LogP contribution in [0.25, 0.3) is 10.6 Å². The van der Waals surface area contributed by atoms with Crippen LogP contribution in [-0.2, 0) is 20.7 Å². The highest BCUT2D eigenvalue weighted by molar-refractivity contribution is 7.99. The van der Waals surface area contributed by atoms with Gasteiger partial charge in [-0.25, -0.2) is 9.97 Å². The molecule has 0 aliphatic rings. The number of ether oxygens (including phenoxy) is 1. The molecule has 0 atom stereocenters. The number of aryl methyl sites for hydroxylation is 2. The minimum Gasteiger partial charge on any atom is -0.466 e. The predicted octanol–water partition coefficient (Wildman–Crippen LogP) is 3.51. The summed E-state index contributed by atoms with van der Waals surface area (Å²) in [6.07, 6.45) is 0.0929. The van der Waals surface area contributed by atoms with E-state index in [-0.39, 0.29) is 24.1 Å². The number of nitrogens with zero attached hydrogens (tertiary/aromatic N) is 4. The van der Waals surface area contributed by atoms with E-state index in [1.807, 2.05) is 26.0 Å². The maximum absolute atomic E-state index is 12.1. The maximum Gasteiger partial charge on any atom is 0.311 e. The van der Waals surface area contributed by atoms with Crippen molar-refractivity contribution in [2.24, 2.45) is 0 Å². The van der Waals surface area contributed by atoms with Crippen LogP contribution in [0.1, 0.15) is 23.3 Å². The molecule has 0 spiro atoms. The molecule has 0 aliphatic carbocycles. The highest BCUT2D eigenvalue weighted by atomic mass is 32.2. The van der Waals surface area contributed by atoms with E-state index in [0.717, 1.165) is 21.3 Å². The lowest BCUT2D eigenvalue weighted by Gasteiger charge is -2.02. The Balaban J connectivity index is 1.50. The molecule has 0 aliphatic heterocycles. The molecule has 0 saturated carbocycles. The summed E-state index contributed by atoms with van der Waals surface area (Å²) in [5.41, 5.74) is 2.29. The van der Waals surface area contributed by atoms with E-state index in [2.05, 4.69) is 25.5 Å². The summed E-state index contributed by atoms with van der Waals surface area (Å²) >= 11 is 4.14. The molecule has 152 valence electrons. The Morgan fingerprint density at radius 2 is 2.03 bits per heavy atom. The molecule has 3 heterocycles. The van der Waals surface area contributed by atoms with Crippen LogP contribution in [0.5, 0.6) is 0 Å². The Morgan fingerprint density at radius 1 is 1.21 bits per heavy atom. The van der Waals surface area contributed by atoms with Gasteiger partial charge in [0.1, 0.15) is 10.7 Å². The van der Waals surface area contributed by atoms with E-state index in [1.165, 1.54) is 23.1 Å². The predicted molar refractivity (Wildman–Crippen MR) is 114 cm³/mol. The van der Waals surface area contributed by atoms with Gasteiger partial charge in [-0.15, -0.1) is 32.9 Å². The number of anilines is 1. The monoisotopic (exact) mass is 449 g/mol. The Hall–Kier alpha value is -2.37. The quantitative estimate of drug-likeness (QED) is 0.411. The first-order chi connectivity index (χ1) is 13.9. The summed E-state index contributed by atoms with van der Waals surface area (Å²) in [6.45, 7) is 5.99. The number of rotatable bonds is 8. The molecule has 0 fully saturated rings. The summed E-state index contributed by atoms with van der Waals surface area (Å²) < 4.78 is 4.89. The number of thioether (sulfide) groups is 1. The van der Waals surface area contributed by atoms with E-state index in [9.17, 15) is 9.59 Å². The summed E-state index contributed by atoms with van der Waals surface area (Å²) in [5.74, 6) is -0.358. The number of carbonyl (C=O) groups is 2. The van der Waals surface area contributed by atoms with Gasteiger partial charge in [0.15, 0.2) is 5.13 Å². The molecular weight excluding hydrogens is 430 g/mol. The molecule has 0 unspecified atom stereocenters. The second-order valence-electron chi connectivity index (χ2n) is 5.87. The average Bonchev–Trinajstić information content (AvgIpc) is 3.26. The van der Waals surface area contributed by atoms with Crippen molar-refractivity contribution in [3.05, 3.63) is 33.9 Å². The van der Waals surface area contributed by atoms with Crippen molar-refractivity contribution in [2.45, 2.75) is 32.2 Å². The number of amides is 1. The van der Waals surface area contributed by atoms with Gasteiger partial charge in [-0.1, -0.05) is 11.8 Å². The van der Waals surface area contributed by atoms with Gasteiger partial charge in [0, 0.05) is 5.38 Å². The Bertz CT molecular complexity index is 1000. The SMILES string of the molecule is CCOC(=O)Cc1csc(NC(=O)CSc2ccc(-c3sc(C)nc3C)nn2)n1. The first-order valence-electron chi connectivity index (χ1n) is 8.75. The number of nitrogens with one attached hydrogen (secondary N) is 1. The molecule has 8 nitrogen and oxygen atoms in total. The standard InChI is InChI=1S/C18H19N5O3S3/c1-4-26-16(25)7-12-8-28-18(20-12)21-14(24)9-27-15-6-5-13(22-23-15)17-10(2)19-11(3)29-17/h5-6,8H,4,7,9H2,1-3H3,(H,20,21,24). The molecule has 0 radical (unpaired) electrons. The number of esters is 1. The Morgan fingerprint density at radius 3 is 2.69 bits per heavy atom. The lowest BCUT2D eigenvalue weighted by Crippen LogP contribution is -2.14. The summed E-state index contributed by atoms with van der Waals surface area (Å²) in [7, 11) is 0. The molecule has 1 N–H and O–H groups in total. The topological polar surface area (TPSA) is 107 Å². The largest absolute Gasteiger partial charge is 0.466 e. The van der Waals surface area contributed by atoms with Gasteiger partial charge in [-0.05, 0) is 32.9 Å². The maximum atomic E-state index is 12.1. The van der Waals surface area contributed by atoms with Gasteiger partial charge in [0.25, 0.3) is 0 Å². The van der Waals surface area contributed by atoms with Crippen molar-refractivity contribution < 1.29 is 14.3 Å². The zero-order valence-electron chi connectivity index (χ0n) is 16.1. The molecule has 0 aromatic carbocycles. The number of hydrogen-bond acceptors (Lipinski definition) is 10. The lowest BCUT2D eigenvalue weighted by atomic mass is 10.3. The second kappa shape index (κ2) is 9.90. The van der Waals surface area contributed by atoms with E-state index in [0.29, 0.717) is 22.5 Å². The highest BCUT2D eigenvalue weighted by Gasteiger charge is 2.12. The van der Waals surface area contributed by atoms with Crippen LogP contribution in [0.4, 0.5) is 5.13 Å². The van der Waals surface area contributed by atoms with Crippen LogP contribution in [0.2, 0.25) is 0 Å². The average molecular weight is 450 g/mol. The van der Waals surface area contributed by atoms with Gasteiger partial charge in [-0.3, -0.25) is 9.59 Å². The molecular formula is C18H19N5O3S3. The Kier molecular flexibility index (Phi) is 7.29. The van der Waals surface area contributed by atoms with Crippen LogP contribution >= 0.6 is 34.4 Å². The van der Waals surface area contributed by atoms with Crippen LogP contribution in [0.3, 0.4) is 0 Å². The molecule has 29 heavy (non-hydrogen) atoms. The molecule has 3 rings (SSSR count). The van der Waals surface area contributed by atoms with Crippen LogP contribution in [0, 0.1) is 13.8 Å². The van der Waals surface area contributed by atoms with Crippen LogP contribution in [0.15, 0.2) is 22.5 Å². The van der Waals surface area contributed by atoms with E-state index >= 15 is 0 Å². The smallest absolute Gasteiger partial charge is 0.311 e. The molecule has 0 saturated heterocycles. The van der Waals surface area contributed by atoms with Gasteiger partial charge < -0.3 is 10.1 Å². The lowest BCUT2D eigenvalue weighted by molar-refractivity contribution is -0.142. The van der Waals surface area contributed by atoms with Gasteiger partial charge >= 0.3 is 5.97 Å². The summed E-state index contributed by atoms with van der Waals surface area (Å²) in [4.78, 5) is 33.2. The molecule has 0 bridgehead atoms. The molecule has 3 aromatic rings. The normalized spacial score (nSPS) is 10.7. The minimum absolute atomic E-state index is 0.0929. The summed E-state index contributed by atoms with van der Waals surface area (Å²) in [6, 6.07) is 3.73. The number of thiazole rings is 2. The van der Waals surface area contributed by atoms with Gasteiger partial charge in [0.05, 0.1) is 40.1 Å². The summed E-state index contributed by atoms with van der Waals surface area (Å²) in [5, 5.41) is 15.0. The Labute approximate surface area is 180 Å². The first-order valence-corrected chi connectivity index (χ1v) is 11.4. The number of hydrogen-bond donors (Lipinski definition) is 1. The van der Waals surface area contributed by atoms with Crippen molar-refractivity contribution >= 4 is 51.4 Å². The molecule has 1 amide bonds. The highest BCUT2D eigenvalue weighted by Crippen LogP contribution is 2.28. The fourth-order valence-electron chi connectivity index (χ4n) is 2.39. The fourth-order valence-corrected chi connectivity index (χ4v) is 4.61. The van der Waals surface area contributed by atoms with Gasteiger partial charge in [0.2, 0.25) is 5.91 Å². The van der Waals surface area contributed by atoms with Crippen LogP contribution < -0.4 is 5.32 Å². The third kappa shape index (κ3) is 6.05. The van der Waals surface area contributed by atoms with Crippen LogP contribution in [-0.4, -0.2) is 44.4 Å². The number of carbonyl (C=O) groups excluding carboxylic acids is 2. The first kappa shape index (κ1) is 21.3. The third-order valence-corrected chi connectivity index (χ3v) is 6.38. The zero-order chi connectivity index (χ0) is 20.8. The van der Waals surface area contributed by atoms with E-state index in [1.54, 1.807) is 23.6 Å². The van der Waals surface area contributed by atoms with Gasteiger partial charge in [-0.2, -0.15) is 0 Å². The molecule has 11 heteroatoms. The van der Waals surface area contributed by atoms with Crippen molar-refractivity contribution in [1.29, 1.82) is 0 Å². The van der Waals surface area contributed by atoms with E-state index in [4.69, 9.17) is 4.74 Å². The fraction of sp³-hybridized carbons (Fsp3) is 0.333. The van der Waals surface area contributed by atoms with Crippen molar-refractivity contribution in [3.8, 4) is 10.6 Å². The van der Waals surface area contributed by atoms with Crippen molar-refractivity contribution in [3.63, 3.8) is 0 Å². The van der Waals surface area contributed by atoms with Crippen molar-refractivity contribution in [1.82, 2.24) is 20.2 Å². The van der Waals surface area contributed by atoms with E-state index < -0.39 is 0 Å².